The highest BCUT2D eigenvalue weighted by molar-refractivity contribution is 6.14. The number of benzene rings is 9. The van der Waals surface area contributed by atoms with Gasteiger partial charge in [0.15, 0.2) is 5.58 Å². The number of fused-ring (bicyclic) bond motifs is 12. The second kappa shape index (κ2) is 12.7. The molecule has 0 saturated heterocycles. The number of nitrogens with zero attached hydrogens (tertiary/aromatic N) is 2. The van der Waals surface area contributed by atoms with Gasteiger partial charge in [0, 0.05) is 44.2 Å². The Bertz CT molecular complexity index is 3550. The summed E-state index contributed by atoms with van der Waals surface area (Å²) in [5.41, 5.74) is 16.5. The van der Waals surface area contributed by atoms with Gasteiger partial charge in [0.25, 0.3) is 0 Å². The standard InChI is InChI=1S/C58H46N2O/c1-57(2,3)39-23-27-40(28-24-39)59(54-20-12-16-46-45-15-11-17-51(58(4,5)6)55(45)61-56(46)54)41-25-21-35-31-47-48-32-36-22-26-42(30-38(36)34-50(48)49(47)33-37(35)29-41)60-52-18-9-7-13-43(52)44-14-8-10-19-53(44)60/h7-34H,1-6H3. The molecule has 12 rings (SSSR count). The molecule has 1 aliphatic rings. The monoisotopic (exact) mass is 786 g/mol. The fourth-order valence-corrected chi connectivity index (χ4v) is 9.99. The van der Waals surface area contributed by atoms with Crippen LogP contribution in [0.4, 0.5) is 17.1 Å². The zero-order valence-electron chi connectivity index (χ0n) is 35.5. The van der Waals surface area contributed by atoms with Crippen LogP contribution < -0.4 is 4.90 Å². The van der Waals surface area contributed by atoms with Crippen LogP contribution in [0.2, 0.25) is 0 Å². The quantitative estimate of drug-likeness (QED) is 0.177. The summed E-state index contributed by atoms with van der Waals surface area (Å²) in [4.78, 5) is 2.38. The third-order valence-electron chi connectivity index (χ3n) is 13.1. The Morgan fingerprint density at radius 3 is 1.56 bits per heavy atom. The number of aromatic nitrogens is 1. The molecule has 1 aliphatic carbocycles. The van der Waals surface area contributed by atoms with Gasteiger partial charge in [-0.3, -0.25) is 0 Å². The van der Waals surface area contributed by atoms with Gasteiger partial charge in [0.1, 0.15) is 5.58 Å². The van der Waals surface area contributed by atoms with Crippen molar-refractivity contribution in [2.75, 3.05) is 4.90 Å². The molecule has 0 spiro atoms. The van der Waals surface area contributed by atoms with Crippen LogP contribution in [-0.2, 0) is 10.8 Å². The number of hydrogen-bond acceptors (Lipinski definition) is 2. The van der Waals surface area contributed by atoms with E-state index in [4.69, 9.17) is 4.42 Å². The lowest BCUT2D eigenvalue weighted by atomic mass is 9.78. The first kappa shape index (κ1) is 35.8. The van der Waals surface area contributed by atoms with E-state index in [9.17, 15) is 0 Å². The van der Waals surface area contributed by atoms with Crippen molar-refractivity contribution in [3.63, 3.8) is 0 Å². The molecule has 0 N–H and O–H groups in total. The Labute approximate surface area is 356 Å². The predicted octanol–water partition coefficient (Wildman–Crippen LogP) is 16.7. The summed E-state index contributed by atoms with van der Waals surface area (Å²) >= 11 is 0. The van der Waals surface area contributed by atoms with Crippen molar-refractivity contribution < 1.29 is 4.42 Å². The number of anilines is 3. The number of furan rings is 1. The van der Waals surface area contributed by atoms with Crippen LogP contribution in [0.25, 0.3) is 93.2 Å². The first-order valence-electron chi connectivity index (χ1n) is 21.5. The maximum Gasteiger partial charge on any atom is 0.159 e. The van der Waals surface area contributed by atoms with Gasteiger partial charge in [-0.1, -0.05) is 133 Å². The van der Waals surface area contributed by atoms with E-state index < -0.39 is 0 Å². The molecule has 0 aliphatic heterocycles. The highest BCUT2D eigenvalue weighted by Gasteiger charge is 2.27. The second-order valence-corrected chi connectivity index (χ2v) is 19.0. The van der Waals surface area contributed by atoms with E-state index in [1.54, 1.807) is 0 Å². The third kappa shape index (κ3) is 5.43. The van der Waals surface area contributed by atoms with Crippen molar-refractivity contribution in [1.29, 1.82) is 0 Å². The van der Waals surface area contributed by atoms with Gasteiger partial charge < -0.3 is 13.9 Å². The molecule has 0 unspecified atom stereocenters. The Hall–Kier alpha value is -7.10. The first-order valence-corrected chi connectivity index (χ1v) is 21.5. The summed E-state index contributed by atoms with van der Waals surface area (Å²) in [5.74, 6) is 0. The Kier molecular flexibility index (Phi) is 7.46. The second-order valence-electron chi connectivity index (χ2n) is 19.0. The third-order valence-corrected chi connectivity index (χ3v) is 13.1. The van der Waals surface area contributed by atoms with Crippen LogP contribution >= 0.6 is 0 Å². The zero-order chi connectivity index (χ0) is 41.4. The van der Waals surface area contributed by atoms with Gasteiger partial charge >= 0.3 is 0 Å². The van der Waals surface area contributed by atoms with Crippen molar-refractivity contribution >= 4 is 82.4 Å². The lowest BCUT2D eigenvalue weighted by Crippen LogP contribution is -2.13. The topological polar surface area (TPSA) is 21.3 Å². The normalized spacial score (nSPS) is 12.8. The van der Waals surface area contributed by atoms with E-state index in [-0.39, 0.29) is 10.8 Å². The van der Waals surface area contributed by atoms with Crippen molar-refractivity contribution in [2.45, 2.75) is 52.4 Å². The van der Waals surface area contributed by atoms with Crippen LogP contribution in [0, 0.1) is 0 Å². The first-order chi connectivity index (χ1) is 29.5. The van der Waals surface area contributed by atoms with Crippen LogP contribution in [0.15, 0.2) is 174 Å². The lowest BCUT2D eigenvalue weighted by molar-refractivity contribution is 0.573. The minimum Gasteiger partial charge on any atom is -0.454 e. The molecule has 9 aromatic carbocycles. The van der Waals surface area contributed by atoms with Gasteiger partial charge in [0.2, 0.25) is 0 Å². The molecule has 61 heavy (non-hydrogen) atoms. The molecule has 3 nitrogen and oxygen atoms in total. The van der Waals surface area contributed by atoms with Gasteiger partial charge in [-0.05, 0) is 139 Å². The summed E-state index contributed by atoms with van der Waals surface area (Å²) < 4.78 is 9.39. The van der Waals surface area contributed by atoms with Gasteiger partial charge in [-0.2, -0.15) is 0 Å². The van der Waals surface area contributed by atoms with Crippen LogP contribution in [0.1, 0.15) is 52.7 Å². The van der Waals surface area contributed by atoms with Crippen molar-refractivity contribution in [2.24, 2.45) is 0 Å². The highest BCUT2D eigenvalue weighted by atomic mass is 16.3. The number of para-hydroxylation sites is 4. The summed E-state index contributed by atoms with van der Waals surface area (Å²) in [6, 6.07) is 63.1. The van der Waals surface area contributed by atoms with Crippen molar-refractivity contribution in [1.82, 2.24) is 4.57 Å². The number of hydrogen-bond donors (Lipinski definition) is 0. The average molecular weight is 787 g/mol. The molecule has 0 amide bonds. The Morgan fingerprint density at radius 1 is 0.410 bits per heavy atom. The molecule has 0 fully saturated rings. The molecule has 2 heterocycles. The fourth-order valence-electron chi connectivity index (χ4n) is 9.99. The van der Waals surface area contributed by atoms with E-state index in [1.807, 2.05) is 0 Å². The van der Waals surface area contributed by atoms with E-state index in [0.29, 0.717) is 0 Å². The molecule has 0 atom stereocenters. The zero-order valence-corrected chi connectivity index (χ0v) is 35.5. The predicted molar refractivity (Wildman–Crippen MR) is 260 cm³/mol. The van der Waals surface area contributed by atoms with E-state index in [0.717, 1.165) is 39.0 Å². The maximum absolute atomic E-state index is 6.98. The SMILES string of the molecule is CC(C)(C)c1ccc(N(c2ccc3cc4c(cc3c2)-c2cc3cc(-n5c6ccccc6c6ccccc65)ccc3cc2-4)c2cccc3c2oc2c(C(C)(C)C)cccc23)cc1. The van der Waals surface area contributed by atoms with E-state index in [2.05, 4.69) is 221 Å². The van der Waals surface area contributed by atoms with Gasteiger partial charge in [-0.25, -0.2) is 0 Å². The summed E-state index contributed by atoms with van der Waals surface area (Å²) in [6.07, 6.45) is 0. The molecule has 3 heteroatoms. The Balaban J connectivity index is 0.996. The minimum atomic E-state index is -0.0601. The summed E-state index contributed by atoms with van der Waals surface area (Å²) in [6.45, 7) is 13.6. The highest BCUT2D eigenvalue weighted by Crippen LogP contribution is 2.52. The molecule has 11 aromatic rings. The largest absolute Gasteiger partial charge is 0.454 e. The molecular formula is C58H46N2O. The van der Waals surface area contributed by atoms with Crippen molar-refractivity contribution in [3.05, 3.63) is 181 Å². The number of rotatable bonds is 4. The van der Waals surface area contributed by atoms with Crippen LogP contribution in [0.5, 0.6) is 0 Å². The molecule has 294 valence electrons. The molecule has 0 saturated carbocycles. The van der Waals surface area contributed by atoms with Crippen molar-refractivity contribution in [3.8, 4) is 27.9 Å². The Morgan fingerprint density at radius 2 is 0.934 bits per heavy atom. The smallest absolute Gasteiger partial charge is 0.159 e. The summed E-state index contributed by atoms with van der Waals surface area (Å²) in [7, 11) is 0. The lowest BCUT2D eigenvalue weighted by Gasteiger charge is -2.28. The molecule has 0 radical (unpaired) electrons. The molecule has 0 bridgehead atoms. The fraction of sp³-hybridized carbons (Fsp3) is 0.138. The van der Waals surface area contributed by atoms with Gasteiger partial charge in [-0.15, -0.1) is 0 Å². The van der Waals surface area contributed by atoms with Crippen LogP contribution in [-0.4, -0.2) is 4.57 Å². The van der Waals surface area contributed by atoms with E-state index in [1.165, 1.54) is 82.4 Å². The molecule has 2 aromatic heterocycles. The summed E-state index contributed by atoms with van der Waals surface area (Å²) in [5, 5.41) is 9.78. The minimum absolute atomic E-state index is 0.0461. The maximum atomic E-state index is 6.98. The average Bonchev–Trinajstić information content (AvgIpc) is 3.81. The van der Waals surface area contributed by atoms with Gasteiger partial charge in [0.05, 0.1) is 16.7 Å². The van der Waals surface area contributed by atoms with E-state index >= 15 is 0 Å². The molecular weight excluding hydrogens is 741 g/mol. The van der Waals surface area contributed by atoms with Crippen LogP contribution in [0.3, 0.4) is 0 Å².